The van der Waals surface area contributed by atoms with Gasteiger partial charge in [-0.1, -0.05) is 32.9 Å². The molecule has 0 heterocycles. The first-order chi connectivity index (χ1) is 8.95. The van der Waals surface area contributed by atoms with Crippen molar-refractivity contribution in [1.82, 2.24) is 0 Å². The lowest BCUT2D eigenvalue weighted by Gasteiger charge is -2.43. The molecular formula is C17H25NO. The maximum absolute atomic E-state index is 9.25. The van der Waals surface area contributed by atoms with E-state index in [9.17, 15) is 5.11 Å². The van der Waals surface area contributed by atoms with Gasteiger partial charge in [0.25, 0.3) is 0 Å². The van der Waals surface area contributed by atoms with Gasteiger partial charge in [0.15, 0.2) is 0 Å². The molecule has 0 aromatic heterocycles. The predicted octanol–water partition coefficient (Wildman–Crippen LogP) is 3.81. The first-order valence-electron chi connectivity index (χ1n) is 7.42. The summed E-state index contributed by atoms with van der Waals surface area (Å²) < 4.78 is 0. The van der Waals surface area contributed by atoms with Crippen LogP contribution < -0.4 is 5.32 Å². The monoisotopic (exact) mass is 259 g/mol. The van der Waals surface area contributed by atoms with Crippen LogP contribution in [0, 0.1) is 16.7 Å². The van der Waals surface area contributed by atoms with Crippen molar-refractivity contribution in [2.45, 2.75) is 52.7 Å². The van der Waals surface area contributed by atoms with Gasteiger partial charge < -0.3 is 10.4 Å². The number of hydrogen-bond acceptors (Lipinski definition) is 2. The lowest BCUT2D eigenvalue weighted by molar-refractivity contribution is 0.155. The number of anilines is 1. The van der Waals surface area contributed by atoms with Crippen molar-refractivity contribution in [2.24, 2.45) is 16.7 Å². The minimum Gasteiger partial charge on any atom is -0.392 e. The number of rotatable bonds is 3. The Hall–Kier alpha value is -1.02. The third-order valence-electron chi connectivity index (χ3n) is 5.69. The van der Waals surface area contributed by atoms with E-state index in [4.69, 9.17) is 0 Å². The SMILES string of the molecule is CC1(C)C(Nc2cccc(CO)c2)[C@]2(C)CC[C@H]1C2. The molecule has 2 N–H and O–H groups in total. The average Bonchev–Trinajstić information content (AvgIpc) is 2.86. The number of aliphatic hydroxyl groups excluding tert-OH is 1. The molecule has 1 aromatic carbocycles. The minimum atomic E-state index is 0.115. The highest BCUT2D eigenvalue weighted by Crippen LogP contribution is 2.63. The molecule has 19 heavy (non-hydrogen) atoms. The van der Waals surface area contributed by atoms with Crippen LogP contribution in [0.1, 0.15) is 45.6 Å². The molecule has 2 nitrogen and oxygen atoms in total. The van der Waals surface area contributed by atoms with Crippen LogP contribution in [-0.4, -0.2) is 11.1 Å². The summed E-state index contributed by atoms with van der Waals surface area (Å²) in [5, 5.41) is 13.0. The summed E-state index contributed by atoms with van der Waals surface area (Å²) in [7, 11) is 0. The highest BCUT2D eigenvalue weighted by Gasteiger charge is 2.59. The molecule has 0 aliphatic heterocycles. The lowest BCUT2D eigenvalue weighted by atomic mass is 9.68. The molecule has 0 radical (unpaired) electrons. The molecule has 1 unspecified atom stereocenters. The van der Waals surface area contributed by atoms with Crippen molar-refractivity contribution >= 4 is 5.69 Å². The molecule has 3 atom stereocenters. The number of benzene rings is 1. The van der Waals surface area contributed by atoms with Crippen molar-refractivity contribution in [1.29, 1.82) is 0 Å². The summed E-state index contributed by atoms with van der Waals surface area (Å²) in [5.41, 5.74) is 2.93. The van der Waals surface area contributed by atoms with E-state index in [1.807, 2.05) is 12.1 Å². The van der Waals surface area contributed by atoms with Gasteiger partial charge in [-0.2, -0.15) is 0 Å². The fourth-order valence-electron chi connectivity index (χ4n) is 4.59. The molecule has 2 aliphatic carbocycles. The van der Waals surface area contributed by atoms with Gasteiger partial charge in [-0.25, -0.2) is 0 Å². The summed E-state index contributed by atoms with van der Waals surface area (Å²) in [4.78, 5) is 0. The molecule has 3 rings (SSSR count). The Morgan fingerprint density at radius 1 is 1.32 bits per heavy atom. The molecule has 104 valence electrons. The Balaban J connectivity index is 1.86. The Kier molecular flexibility index (Phi) is 2.90. The van der Waals surface area contributed by atoms with Crippen LogP contribution in [0.2, 0.25) is 0 Å². The number of hydrogen-bond donors (Lipinski definition) is 2. The summed E-state index contributed by atoms with van der Waals surface area (Å²) in [6.07, 6.45) is 4.09. The van der Waals surface area contributed by atoms with Gasteiger partial charge in [0, 0.05) is 11.7 Å². The molecule has 2 fully saturated rings. The number of aliphatic hydroxyl groups is 1. The maximum atomic E-state index is 9.25. The number of nitrogens with one attached hydrogen (secondary N) is 1. The fraction of sp³-hybridized carbons (Fsp3) is 0.647. The smallest absolute Gasteiger partial charge is 0.0682 e. The van der Waals surface area contributed by atoms with E-state index < -0.39 is 0 Å². The minimum absolute atomic E-state index is 0.115. The van der Waals surface area contributed by atoms with E-state index in [2.05, 4.69) is 38.2 Å². The van der Waals surface area contributed by atoms with Gasteiger partial charge >= 0.3 is 0 Å². The first-order valence-corrected chi connectivity index (χ1v) is 7.42. The Morgan fingerprint density at radius 3 is 2.74 bits per heavy atom. The normalized spacial score (nSPS) is 35.6. The second-order valence-electron chi connectivity index (χ2n) is 7.35. The summed E-state index contributed by atoms with van der Waals surface area (Å²) in [6, 6.07) is 8.72. The Bertz CT molecular complexity index is 477. The maximum Gasteiger partial charge on any atom is 0.0682 e. The van der Waals surface area contributed by atoms with Crippen LogP contribution in [-0.2, 0) is 6.61 Å². The van der Waals surface area contributed by atoms with Crippen LogP contribution in [0.15, 0.2) is 24.3 Å². The van der Waals surface area contributed by atoms with Crippen molar-refractivity contribution in [3.8, 4) is 0 Å². The van der Waals surface area contributed by atoms with Crippen molar-refractivity contribution in [2.75, 3.05) is 5.32 Å². The molecule has 2 saturated carbocycles. The van der Waals surface area contributed by atoms with Crippen LogP contribution in [0.4, 0.5) is 5.69 Å². The Labute approximate surface area is 116 Å². The fourth-order valence-corrected chi connectivity index (χ4v) is 4.59. The molecular weight excluding hydrogens is 234 g/mol. The molecule has 2 bridgehead atoms. The second-order valence-corrected chi connectivity index (χ2v) is 7.35. The standard InChI is InChI=1S/C17H25NO/c1-16(2)13-7-8-17(3,10-13)15(16)18-14-6-4-5-12(9-14)11-19/h4-6,9,13,15,18-19H,7-8,10-11H2,1-3H3/t13-,15?,17+/m0/s1. The highest BCUT2D eigenvalue weighted by molar-refractivity contribution is 5.48. The van der Waals surface area contributed by atoms with Crippen molar-refractivity contribution < 1.29 is 5.11 Å². The van der Waals surface area contributed by atoms with Crippen LogP contribution in [0.25, 0.3) is 0 Å². The van der Waals surface area contributed by atoms with Gasteiger partial charge in [0.05, 0.1) is 6.61 Å². The van der Waals surface area contributed by atoms with Crippen LogP contribution in [0.5, 0.6) is 0 Å². The second kappa shape index (κ2) is 4.24. The van der Waals surface area contributed by atoms with Gasteiger partial charge in [-0.15, -0.1) is 0 Å². The summed E-state index contributed by atoms with van der Waals surface area (Å²) >= 11 is 0. The zero-order chi connectivity index (χ0) is 13.7. The first kappa shape index (κ1) is 13.0. The summed E-state index contributed by atoms with van der Waals surface area (Å²) in [6.45, 7) is 7.38. The van der Waals surface area contributed by atoms with E-state index in [0.29, 0.717) is 16.9 Å². The van der Waals surface area contributed by atoms with Crippen LogP contribution in [0.3, 0.4) is 0 Å². The average molecular weight is 259 g/mol. The number of fused-ring (bicyclic) bond motifs is 2. The molecule has 2 heteroatoms. The van der Waals surface area contributed by atoms with E-state index in [-0.39, 0.29) is 6.61 Å². The zero-order valence-corrected chi connectivity index (χ0v) is 12.2. The van der Waals surface area contributed by atoms with Gasteiger partial charge in [-0.3, -0.25) is 0 Å². The Morgan fingerprint density at radius 2 is 2.11 bits per heavy atom. The quantitative estimate of drug-likeness (QED) is 0.865. The summed E-state index contributed by atoms with van der Waals surface area (Å²) in [5.74, 6) is 0.857. The predicted molar refractivity (Wildman–Crippen MR) is 79.0 cm³/mol. The van der Waals surface area contributed by atoms with Crippen molar-refractivity contribution in [3.63, 3.8) is 0 Å². The molecule has 0 amide bonds. The van der Waals surface area contributed by atoms with Crippen molar-refractivity contribution in [3.05, 3.63) is 29.8 Å². The largest absolute Gasteiger partial charge is 0.392 e. The van der Waals surface area contributed by atoms with Gasteiger partial charge in [-0.05, 0) is 53.7 Å². The molecule has 0 saturated heterocycles. The van der Waals surface area contributed by atoms with E-state index in [1.54, 1.807) is 0 Å². The third-order valence-corrected chi connectivity index (χ3v) is 5.69. The van der Waals surface area contributed by atoms with Gasteiger partial charge in [0.1, 0.15) is 0 Å². The highest BCUT2D eigenvalue weighted by atomic mass is 16.3. The third kappa shape index (κ3) is 1.97. The molecule has 1 aromatic rings. The topological polar surface area (TPSA) is 32.3 Å². The van der Waals surface area contributed by atoms with E-state index in [1.165, 1.54) is 19.3 Å². The molecule has 2 aliphatic rings. The van der Waals surface area contributed by atoms with E-state index in [0.717, 1.165) is 17.2 Å². The van der Waals surface area contributed by atoms with E-state index >= 15 is 0 Å². The van der Waals surface area contributed by atoms with Crippen LogP contribution >= 0.6 is 0 Å². The molecule has 0 spiro atoms. The van der Waals surface area contributed by atoms with Gasteiger partial charge in [0.2, 0.25) is 0 Å². The lowest BCUT2D eigenvalue weighted by Crippen LogP contribution is -2.45. The zero-order valence-electron chi connectivity index (χ0n) is 12.2.